The minimum atomic E-state index is -1.72. The molecule has 0 spiro atoms. The summed E-state index contributed by atoms with van der Waals surface area (Å²) in [6, 6.07) is 18.9. The first kappa shape index (κ1) is 20.4. The van der Waals surface area contributed by atoms with Gasteiger partial charge < -0.3 is 5.11 Å². The molecule has 2 aliphatic carbocycles. The van der Waals surface area contributed by atoms with Gasteiger partial charge in [-0.05, 0) is 53.5 Å². The smallest absolute Gasteiger partial charge is 0.123 e. The van der Waals surface area contributed by atoms with Crippen molar-refractivity contribution in [2.75, 3.05) is 0 Å². The van der Waals surface area contributed by atoms with Crippen LogP contribution in [0.3, 0.4) is 0 Å². The quantitative estimate of drug-likeness (QED) is 0.420. The van der Waals surface area contributed by atoms with Gasteiger partial charge >= 0.3 is 0 Å². The molecule has 2 fully saturated rings. The molecule has 2 saturated carbocycles. The van der Waals surface area contributed by atoms with Gasteiger partial charge in [0.05, 0.1) is 14.1 Å². The molecule has 0 radical (unpaired) electrons. The molecule has 3 heteroatoms. The number of rotatable bonds is 7. The first-order chi connectivity index (χ1) is 14.1. The molecule has 0 saturated heterocycles. The molecule has 0 amide bonds. The van der Waals surface area contributed by atoms with E-state index in [1.54, 1.807) is 0 Å². The van der Waals surface area contributed by atoms with Crippen LogP contribution < -0.4 is 5.19 Å². The van der Waals surface area contributed by atoms with Crippen LogP contribution in [-0.4, -0.2) is 25.4 Å². The van der Waals surface area contributed by atoms with Crippen molar-refractivity contribution in [1.82, 2.24) is 0 Å². The third kappa shape index (κ3) is 3.82. The van der Waals surface area contributed by atoms with Crippen molar-refractivity contribution in [3.05, 3.63) is 48.0 Å². The lowest BCUT2D eigenvalue weighted by molar-refractivity contribution is 0.421. The highest BCUT2D eigenvalue weighted by atomic mass is 28.3. The maximum atomic E-state index is 11.3. The summed E-state index contributed by atoms with van der Waals surface area (Å²) in [6.45, 7) is 6.91. The second-order valence-electron chi connectivity index (χ2n) is 9.19. The molecule has 29 heavy (non-hydrogen) atoms. The summed E-state index contributed by atoms with van der Waals surface area (Å²) in [4.78, 5) is 5.00. The van der Waals surface area contributed by atoms with E-state index in [4.69, 9.17) is 4.99 Å². The van der Waals surface area contributed by atoms with Crippen molar-refractivity contribution in [3.63, 3.8) is 0 Å². The lowest BCUT2D eigenvalue weighted by atomic mass is 9.96. The number of phenolic OH excluding ortho intramolecular Hbond substituents is 1. The molecule has 2 aromatic carbocycles. The molecule has 3 atom stereocenters. The van der Waals surface area contributed by atoms with E-state index < -0.39 is 8.07 Å². The molecule has 1 N–H and O–H groups in total. The van der Waals surface area contributed by atoms with E-state index in [1.807, 2.05) is 6.21 Å². The monoisotopic (exact) mass is 405 g/mol. The predicted molar refractivity (Wildman–Crippen MR) is 127 cm³/mol. The van der Waals surface area contributed by atoms with Crippen molar-refractivity contribution >= 4 is 19.5 Å². The van der Waals surface area contributed by atoms with E-state index in [-0.39, 0.29) is 0 Å². The topological polar surface area (TPSA) is 32.6 Å². The summed E-state index contributed by atoms with van der Waals surface area (Å²) in [6.07, 6.45) is 7.33. The van der Waals surface area contributed by atoms with Gasteiger partial charge in [-0.25, -0.2) is 0 Å². The lowest BCUT2D eigenvalue weighted by Crippen LogP contribution is -2.46. The fourth-order valence-electron chi connectivity index (χ4n) is 5.85. The van der Waals surface area contributed by atoms with Gasteiger partial charge in [-0.1, -0.05) is 81.7 Å². The van der Waals surface area contributed by atoms with E-state index in [9.17, 15) is 5.11 Å². The summed E-state index contributed by atoms with van der Waals surface area (Å²) < 4.78 is 0. The molecule has 2 aromatic rings. The third-order valence-electron chi connectivity index (χ3n) is 7.95. The van der Waals surface area contributed by atoms with Crippen molar-refractivity contribution in [1.29, 1.82) is 0 Å². The summed E-state index contributed by atoms with van der Waals surface area (Å²) in [5.74, 6) is 2.15. The van der Waals surface area contributed by atoms with Crippen LogP contribution in [0.1, 0.15) is 52.0 Å². The van der Waals surface area contributed by atoms with Gasteiger partial charge in [0.1, 0.15) is 5.75 Å². The Morgan fingerprint density at radius 2 is 1.69 bits per heavy atom. The van der Waals surface area contributed by atoms with Gasteiger partial charge in [0.15, 0.2) is 0 Å². The Kier molecular flexibility index (Phi) is 5.96. The number of fused-ring (bicyclic) bond motifs is 2. The van der Waals surface area contributed by atoms with E-state index in [1.165, 1.54) is 42.0 Å². The summed E-state index contributed by atoms with van der Waals surface area (Å²) in [5.41, 5.74) is 3.34. The van der Waals surface area contributed by atoms with E-state index in [2.05, 4.69) is 63.2 Å². The van der Waals surface area contributed by atoms with Crippen molar-refractivity contribution in [2.24, 2.45) is 16.8 Å². The molecule has 0 aromatic heterocycles. The van der Waals surface area contributed by atoms with Crippen LogP contribution in [0.2, 0.25) is 18.1 Å². The van der Waals surface area contributed by atoms with Crippen molar-refractivity contribution in [3.8, 4) is 16.9 Å². The standard InChI is InChI=1S/C26H35NOSi/c1-4-29(5-2,6-3)25-17-22(20-10-8-7-9-11-20)16-23(26(25)28)18-27-24-15-19-12-13-21(24)14-19/h7-11,16-19,21,24,28H,4-6,12-15H2,1-3H3. The minimum absolute atomic E-state index is 0.461. The number of aliphatic imine (C=N–C) groups is 1. The molecule has 3 unspecified atom stereocenters. The maximum Gasteiger partial charge on any atom is 0.123 e. The molecule has 154 valence electrons. The van der Waals surface area contributed by atoms with Gasteiger partial charge in [-0.2, -0.15) is 0 Å². The number of hydrogen-bond acceptors (Lipinski definition) is 2. The Hall–Kier alpha value is -1.87. The molecule has 4 rings (SSSR count). The highest BCUT2D eigenvalue weighted by molar-refractivity contribution is 6.92. The summed E-state index contributed by atoms with van der Waals surface area (Å²) in [7, 11) is -1.72. The predicted octanol–water partition coefficient (Wildman–Crippen LogP) is 6.38. The highest BCUT2D eigenvalue weighted by Gasteiger charge is 2.39. The van der Waals surface area contributed by atoms with Crippen LogP contribution in [0, 0.1) is 11.8 Å². The average Bonchev–Trinajstić information content (AvgIpc) is 3.39. The fourth-order valence-corrected chi connectivity index (χ4v) is 9.60. The molecule has 2 nitrogen and oxygen atoms in total. The zero-order valence-corrected chi connectivity index (χ0v) is 19.2. The van der Waals surface area contributed by atoms with Crippen LogP contribution >= 0.6 is 0 Å². The van der Waals surface area contributed by atoms with Gasteiger partial charge in [0.2, 0.25) is 0 Å². The largest absolute Gasteiger partial charge is 0.507 e. The van der Waals surface area contributed by atoms with Gasteiger partial charge in [0, 0.05) is 11.8 Å². The Balaban J connectivity index is 1.78. The highest BCUT2D eigenvalue weighted by Crippen LogP contribution is 2.46. The first-order valence-corrected chi connectivity index (χ1v) is 14.2. The average molecular weight is 406 g/mol. The molecule has 0 heterocycles. The van der Waals surface area contributed by atoms with Gasteiger partial charge in [-0.3, -0.25) is 4.99 Å². The SMILES string of the molecule is CC[Si](CC)(CC)c1cc(-c2ccccc2)cc(C=NC2CC3CCC2C3)c1O. The summed E-state index contributed by atoms with van der Waals surface area (Å²) >= 11 is 0. The Morgan fingerprint density at radius 1 is 0.966 bits per heavy atom. The maximum absolute atomic E-state index is 11.3. The normalized spacial score (nSPS) is 23.9. The molecular formula is C26H35NOSi. The molecule has 2 aliphatic rings. The van der Waals surface area contributed by atoms with E-state index >= 15 is 0 Å². The van der Waals surface area contributed by atoms with Gasteiger partial charge in [-0.15, -0.1) is 0 Å². The van der Waals surface area contributed by atoms with Crippen LogP contribution in [0.4, 0.5) is 0 Å². The summed E-state index contributed by atoms with van der Waals surface area (Å²) in [5, 5.41) is 12.6. The van der Waals surface area contributed by atoms with Crippen LogP contribution in [-0.2, 0) is 0 Å². The number of aromatic hydroxyl groups is 1. The second kappa shape index (κ2) is 8.47. The number of benzene rings is 2. The zero-order valence-electron chi connectivity index (χ0n) is 18.2. The zero-order chi connectivity index (χ0) is 20.4. The number of phenols is 1. The minimum Gasteiger partial charge on any atom is -0.507 e. The van der Waals surface area contributed by atoms with Gasteiger partial charge in [0.25, 0.3) is 0 Å². The Bertz CT molecular complexity index is 864. The van der Waals surface area contributed by atoms with E-state index in [0.717, 1.165) is 35.5 Å². The first-order valence-electron chi connectivity index (χ1n) is 11.6. The van der Waals surface area contributed by atoms with Crippen LogP contribution in [0.25, 0.3) is 11.1 Å². The second-order valence-corrected chi connectivity index (χ2v) is 14.4. The fraction of sp³-hybridized carbons (Fsp3) is 0.500. The molecule has 0 aliphatic heterocycles. The number of nitrogens with zero attached hydrogens (tertiary/aromatic N) is 1. The molecular weight excluding hydrogens is 370 g/mol. The van der Waals surface area contributed by atoms with E-state index in [0.29, 0.717) is 11.8 Å². The Labute approximate surface area is 177 Å². The van der Waals surface area contributed by atoms with Crippen molar-refractivity contribution < 1.29 is 5.11 Å². The van der Waals surface area contributed by atoms with Crippen molar-refractivity contribution in [2.45, 2.75) is 70.6 Å². The number of hydrogen-bond donors (Lipinski definition) is 1. The Morgan fingerprint density at radius 3 is 2.28 bits per heavy atom. The lowest BCUT2D eigenvalue weighted by Gasteiger charge is -2.30. The van der Waals surface area contributed by atoms with Crippen LogP contribution in [0.15, 0.2) is 47.5 Å². The third-order valence-corrected chi connectivity index (χ3v) is 13.5. The van der Waals surface area contributed by atoms with Crippen LogP contribution in [0.5, 0.6) is 5.75 Å². The molecule has 2 bridgehead atoms.